The van der Waals surface area contributed by atoms with E-state index in [0.717, 1.165) is 5.92 Å². The van der Waals surface area contributed by atoms with E-state index in [-0.39, 0.29) is 0 Å². The van der Waals surface area contributed by atoms with Crippen LogP contribution in [0.1, 0.15) is 54.9 Å². The third-order valence-electron chi connectivity index (χ3n) is 2.33. The van der Waals surface area contributed by atoms with Crippen molar-refractivity contribution in [3.05, 3.63) is 0 Å². The van der Waals surface area contributed by atoms with Crippen molar-refractivity contribution in [2.24, 2.45) is 16.7 Å². The molecule has 0 heterocycles. The van der Waals surface area contributed by atoms with E-state index in [9.17, 15) is 0 Å². The molecule has 0 aliphatic heterocycles. The first-order valence-corrected chi connectivity index (χ1v) is 6.18. The summed E-state index contributed by atoms with van der Waals surface area (Å²) in [6.45, 7) is 18.7. The molecule has 15 heavy (non-hydrogen) atoms. The Balaban J connectivity index is 3.92. The van der Waals surface area contributed by atoms with E-state index in [1.54, 1.807) is 0 Å². The fourth-order valence-electron chi connectivity index (χ4n) is 2.52. The lowest BCUT2D eigenvalue weighted by Gasteiger charge is -2.31. The van der Waals surface area contributed by atoms with Crippen molar-refractivity contribution in [1.82, 2.24) is 4.90 Å². The topological polar surface area (TPSA) is 3.24 Å². The lowest BCUT2D eigenvalue weighted by Crippen LogP contribution is -2.33. The van der Waals surface area contributed by atoms with Gasteiger partial charge in [-0.1, -0.05) is 48.5 Å². The number of hydrogen-bond acceptors (Lipinski definition) is 1. The zero-order chi connectivity index (χ0) is 12.3. The van der Waals surface area contributed by atoms with E-state index in [1.807, 2.05) is 0 Å². The van der Waals surface area contributed by atoms with Gasteiger partial charge in [0, 0.05) is 13.1 Å². The van der Waals surface area contributed by atoms with Gasteiger partial charge in [-0.3, -0.25) is 0 Å². The molecule has 0 saturated carbocycles. The summed E-state index contributed by atoms with van der Waals surface area (Å²) in [6, 6.07) is 0. The molecule has 0 rings (SSSR count). The Morgan fingerprint density at radius 3 is 1.73 bits per heavy atom. The summed E-state index contributed by atoms with van der Waals surface area (Å²) in [4.78, 5) is 2.47. The number of rotatable bonds is 4. The van der Waals surface area contributed by atoms with Crippen molar-refractivity contribution < 1.29 is 0 Å². The van der Waals surface area contributed by atoms with Crippen LogP contribution in [0.15, 0.2) is 0 Å². The summed E-state index contributed by atoms with van der Waals surface area (Å²) in [5, 5.41) is 0. The summed E-state index contributed by atoms with van der Waals surface area (Å²) in [5.41, 5.74) is 0.873. The fourth-order valence-corrected chi connectivity index (χ4v) is 2.52. The molecule has 0 aliphatic rings. The van der Waals surface area contributed by atoms with E-state index in [4.69, 9.17) is 0 Å². The van der Waals surface area contributed by atoms with Crippen LogP contribution in [-0.2, 0) is 0 Å². The van der Waals surface area contributed by atoms with Crippen molar-refractivity contribution in [1.29, 1.82) is 0 Å². The van der Waals surface area contributed by atoms with Crippen LogP contribution < -0.4 is 0 Å². The van der Waals surface area contributed by atoms with Crippen LogP contribution in [-0.4, -0.2) is 25.0 Å². The highest BCUT2D eigenvalue weighted by Crippen LogP contribution is 2.25. The molecule has 0 radical (unpaired) electrons. The van der Waals surface area contributed by atoms with Gasteiger partial charge in [0.15, 0.2) is 0 Å². The maximum Gasteiger partial charge on any atom is 0.00271 e. The molecule has 1 unspecified atom stereocenters. The van der Waals surface area contributed by atoms with E-state index in [1.165, 1.54) is 19.5 Å². The van der Waals surface area contributed by atoms with Gasteiger partial charge in [0.1, 0.15) is 0 Å². The fraction of sp³-hybridized carbons (Fsp3) is 1.00. The van der Waals surface area contributed by atoms with Gasteiger partial charge in [-0.15, -0.1) is 0 Å². The summed E-state index contributed by atoms with van der Waals surface area (Å²) >= 11 is 0. The lowest BCUT2D eigenvalue weighted by molar-refractivity contribution is 0.181. The minimum Gasteiger partial charge on any atom is -0.306 e. The predicted molar refractivity (Wildman–Crippen MR) is 70.2 cm³/mol. The van der Waals surface area contributed by atoms with Gasteiger partial charge in [-0.25, -0.2) is 0 Å². The second kappa shape index (κ2) is 5.34. The van der Waals surface area contributed by atoms with Crippen LogP contribution in [0.4, 0.5) is 0 Å². The minimum atomic E-state index is 0.413. The quantitative estimate of drug-likeness (QED) is 0.681. The van der Waals surface area contributed by atoms with Gasteiger partial charge in [0.25, 0.3) is 0 Å². The standard InChI is InChI=1S/C14H31N/c1-12(9-13(2,3)4)10-15(8)11-14(5,6)7/h12H,9-11H2,1-8H3. The normalized spacial score (nSPS) is 15.8. The van der Waals surface area contributed by atoms with Crippen LogP contribution in [0.2, 0.25) is 0 Å². The molecule has 0 aromatic heterocycles. The average molecular weight is 213 g/mol. The molecular formula is C14H31N. The van der Waals surface area contributed by atoms with Gasteiger partial charge in [-0.05, 0) is 30.2 Å². The highest BCUT2D eigenvalue weighted by molar-refractivity contribution is 4.71. The predicted octanol–water partition coefficient (Wildman–Crippen LogP) is 4.04. The molecule has 1 atom stereocenters. The van der Waals surface area contributed by atoms with Crippen molar-refractivity contribution in [3.63, 3.8) is 0 Å². The molecule has 0 fully saturated rings. The third-order valence-corrected chi connectivity index (χ3v) is 2.33. The van der Waals surface area contributed by atoms with E-state index >= 15 is 0 Å². The average Bonchev–Trinajstić information content (AvgIpc) is 1.73. The summed E-state index contributed by atoms with van der Waals surface area (Å²) in [7, 11) is 2.24. The van der Waals surface area contributed by atoms with Crippen LogP contribution >= 0.6 is 0 Å². The molecule has 0 N–H and O–H groups in total. The zero-order valence-corrected chi connectivity index (χ0v) is 12.1. The second-order valence-corrected chi connectivity index (χ2v) is 7.63. The van der Waals surface area contributed by atoms with Gasteiger partial charge in [-0.2, -0.15) is 0 Å². The summed E-state index contributed by atoms with van der Waals surface area (Å²) in [5.74, 6) is 0.789. The lowest BCUT2D eigenvalue weighted by atomic mass is 9.85. The number of nitrogens with zero attached hydrogens (tertiary/aromatic N) is 1. The van der Waals surface area contributed by atoms with E-state index in [2.05, 4.69) is 60.4 Å². The molecule has 1 heteroatoms. The highest BCUT2D eigenvalue weighted by atomic mass is 15.1. The van der Waals surface area contributed by atoms with Crippen molar-refractivity contribution in [2.75, 3.05) is 20.1 Å². The van der Waals surface area contributed by atoms with Gasteiger partial charge < -0.3 is 4.90 Å². The SMILES string of the molecule is CC(CN(C)CC(C)(C)C)CC(C)(C)C. The largest absolute Gasteiger partial charge is 0.306 e. The molecule has 0 amide bonds. The molecular weight excluding hydrogens is 182 g/mol. The maximum absolute atomic E-state index is 2.47. The Kier molecular flexibility index (Phi) is 5.32. The van der Waals surface area contributed by atoms with Crippen LogP contribution in [0.3, 0.4) is 0 Å². The Morgan fingerprint density at radius 2 is 1.40 bits per heavy atom. The smallest absolute Gasteiger partial charge is 0.00271 e. The van der Waals surface area contributed by atoms with Crippen LogP contribution in [0, 0.1) is 16.7 Å². The molecule has 0 spiro atoms. The van der Waals surface area contributed by atoms with Gasteiger partial charge in [0.2, 0.25) is 0 Å². The first kappa shape index (κ1) is 15.0. The van der Waals surface area contributed by atoms with E-state index in [0.29, 0.717) is 10.8 Å². The van der Waals surface area contributed by atoms with Gasteiger partial charge >= 0.3 is 0 Å². The molecule has 0 aromatic rings. The summed E-state index contributed by atoms with van der Waals surface area (Å²) in [6.07, 6.45) is 1.31. The highest BCUT2D eigenvalue weighted by Gasteiger charge is 2.19. The maximum atomic E-state index is 2.47. The van der Waals surface area contributed by atoms with Gasteiger partial charge in [0.05, 0.1) is 0 Å². The monoisotopic (exact) mass is 213 g/mol. The molecule has 0 aromatic carbocycles. The second-order valence-electron chi connectivity index (χ2n) is 7.63. The third kappa shape index (κ3) is 10.2. The van der Waals surface area contributed by atoms with Crippen molar-refractivity contribution in [2.45, 2.75) is 54.9 Å². The number of hydrogen-bond donors (Lipinski definition) is 0. The Bertz CT molecular complexity index is 151. The minimum absolute atomic E-state index is 0.413. The first-order valence-electron chi connectivity index (χ1n) is 6.18. The Labute approximate surface area is 97.2 Å². The summed E-state index contributed by atoms with van der Waals surface area (Å²) < 4.78 is 0. The Hall–Kier alpha value is -0.0400. The molecule has 92 valence electrons. The van der Waals surface area contributed by atoms with Crippen LogP contribution in [0.5, 0.6) is 0 Å². The Morgan fingerprint density at radius 1 is 0.933 bits per heavy atom. The van der Waals surface area contributed by atoms with Crippen LogP contribution in [0.25, 0.3) is 0 Å². The van der Waals surface area contributed by atoms with E-state index < -0.39 is 0 Å². The molecule has 0 saturated heterocycles. The molecule has 0 bridgehead atoms. The molecule has 0 aliphatic carbocycles. The van der Waals surface area contributed by atoms with Crippen molar-refractivity contribution in [3.8, 4) is 0 Å². The van der Waals surface area contributed by atoms with Crippen molar-refractivity contribution >= 4 is 0 Å². The first-order chi connectivity index (χ1) is 6.49. The molecule has 1 nitrogen and oxygen atoms in total. The zero-order valence-electron chi connectivity index (χ0n) is 12.1.